The van der Waals surface area contributed by atoms with Crippen LogP contribution in [0.2, 0.25) is 0 Å². The van der Waals surface area contributed by atoms with Gasteiger partial charge < -0.3 is 10.2 Å². The van der Waals surface area contributed by atoms with E-state index < -0.39 is 0 Å². The van der Waals surface area contributed by atoms with Crippen molar-refractivity contribution in [3.05, 3.63) is 16.1 Å². The third-order valence-electron chi connectivity index (χ3n) is 4.94. The van der Waals surface area contributed by atoms with E-state index >= 15 is 0 Å². The molecule has 2 saturated heterocycles. The fourth-order valence-electron chi connectivity index (χ4n) is 3.71. The smallest absolute Gasteiger partial charge is 0.113 e. The zero-order valence-corrected chi connectivity index (χ0v) is 14.0. The molecule has 20 heavy (non-hydrogen) atoms. The molecule has 1 aromatic rings. The quantitative estimate of drug-likeness (QED) is 0.928. The van der Waals surface area contributed by atoms with E-state index in [4.69, 9.17) is 4.98 Å². The van der Waals surface area contributed by atoms with Gasteiger partial charge in [0.2, 0.25) is 0 Å². The summed E-state index contributed by atoms with van der Waals surface area (Å²) in [6.45, 7) is 13.8. The van der Waals surface area contributed by atoms with Crippen molar-refractivity contribution in [3.63, 3.8) is 0 Å². The van der Waals surface area contributed by atoms with E-state index in [1.807, 2.05) is 11.3 Å². The zero-order valence-electron chi connectivity index (χ0n) is 13.2. The Bertz CT molecular complexity index is 476. The summed E-state index contributed by atoms with van der Waals surface area (Å²) < 4.78 is 0. The van der Waals surface area contributed by atoms with Gasteiger partial charge in [-0.3, -0.25) is 0 Å². The van der Waals surface area contributed by atoms with Crippen LogP contribution in [0.15, 0.2) is 5.38 Å². The van der Waals surface area contributed by atoms with Crippen LogP contribution in [0.3, 0.4) is 0 Å². The highest BCUT2D eigenvalue weighted by molar-refractivity contribution is 7.09. The molecule has 1 aromatic heterocycles. The SMILES string of the molecule is CCNC1(c2nc(C(C)(C)C)cs2)CCN2CCC1C2. The van der Waals surface area contributed by atoms with Crippen molar-refractivity contribution in [1.29, 1.82) is 0 Å². The number of hydrogen-bond acceptors (Lipinski definition) is 4. The molecule has 2 fully saturated rings. The van der Waals surface area contributed by atoms with Gasteiger partial charge in [-0.05, 0) is 31.8 Å². The lowest BCUT2D eigenvalue weighted by Crippen LogP contribution is -2.53. The molecule has 1 N–H and O–H groups in total. The molecule has 0 aliphatic carbocycles. The van der Waals surface area contributed by atoms with Crippen molar-refractivity contribution >= 4 is 11.3 Å². The molecular formula is C16H27N3S. The third kappa shape index (κ3) is 2.32. The highest BCUT2D eigenvalue weighted by Gasteiger charge is 2.48. The number of nitrogens with one attached hydrogen (secondary N) is 1. The van der Waals surface area contributed by atoms with Crippen LogP contribution in [-0.2, 0) is 11.0 Å². The first-order valence-electron chi connectivity index (χ1n) is 7.89. The van der Waals surface area contributed by atoms with Crippen LogP contribution in [-0.4, -0.2) is 36.1 Å². The third-order valence-corrected chi connectivity index (χ3v) is 5.96. The lowest BCUT2D eigenvalue weighted by atomic mass is 9.79. The summed E-state index contributed by atoms with van der Waals surface area (Å²) >= 11 is 1.87. The molecule has 4 heteroatoms. The van der Waals surface area contributed by atoms with E-state index in [1.165, 1.54) is 43.2 Å². The lowest BCUT2D eigenvalue weighted by molar-refractivity contribution is 0.131. The molecule has 3 nitrogen and oxygen atoms in total. The van der Waals surface area contributed by atoms with Crippen molar-refractivity contribution in [1.82, 2.24) is 15.2 Å². The van der Waals surface area contributed by atoms with Crippen molar-refractivity contribution in [2.75, 3.05) is 26.2 Å². The van der Waals surface area contributed by atoms with Gasteiger partial charge in [0.05, 0.1) is 11.2 Å². The number of fused-ring (bicyclic) bond motifs is 2. The summed E-state index contributed by atoms with van der Waals surface area (Å²) in [7, 11) is 0. The maximum Gasteiger partial charge on any atom is 0.113 e. The molecule has 3 heterocycles. The van der Waals surface area contributed by atoms with Gasteiger partial charge in [-0.25, -0.2) is 4.98 Å². The molecule has 2 aliphatic heterocycles. The molecular weight excluding hydrogens is 266 g/mol. The highest BCUT2D eigenvalue weighted by Crippen LogP contribution is 2.44. The summed E-state index contributed by atoms with van der Waals surface area (Å²) in [5.41, 5.74) is 1.53. The van der Waals surface area contributed by atoms with Crippen LogP contribution in [0.4, 0.5) is 0 Å². The average molecular weight is 293 g/mol. The maximum atomic E-state index is 5.05. The Balaban J connectivity index is 1.96. The minimum Gasteiger partial charge on any atom is -0.305 e. The zero-order chi connectivity index (χ0) is 14.4. The highest BCUT2D eigenvalue weighted by atomic mass is 32.1. The molecule has 0 radical (unpaired) electrons. The van der Waals surface area contributed by atoms with Gasteiger partial charge in [0, 0.05) is 23.9 Å². The molecule has 3 unspecified atom stereocenters. The molecule has 3 rings (SSSR count). The fourth-order valence-corrected chi connectivity index (χ4v) is 5.04. The number of thiazole rings is 1. The summed E-state index contributed by atoms with van der Waals surface area (Å²) in [5, 5.41) is 7.43. The van der Waals surface area contributed by atoms with Crippen LogP contribution in [0.1, 0.15) is 51.2 Å². The van der Waals surface area contributed by atoms with E-state index in [1.54, 1.807) is 0 Å². The fraction of sp³-hybridized carbons (Fsp3) is 0.812. The Morgan fingerprint density at radius 2 is 2.25 bits per heavy atom. The number of piperidine rings is 1. The predicted molar refractivity (Wildman–Crippen MR) is 85.3 cm³/mol. The van der Waals surface area contributed by atoms with Crippen molar-refractivity contribution < 1.29 is 0 Å². The molecule has 3 atom stereocenters. The van der Waals surface area contributed by atoms with Crippen LogP contribution >= 0.6 is 11.3 Å². The Kier molecular flexibility index (Phi) is 3.68. The van der Waals surface area contributed by atoms with E-state index in [-0.39, 0.29) is 11.0 Å². The first-order chi connectivity index (χ1) is 9.45. The molecule has 2 aliphatic rings. The second-order valence-electron chi connectivity index (χ2n) is 7.33. The molecule has 0 spiro atoms. The number of hydrogen-bond donors (Lipinski definition) is 1. The van der Waals surface area contributed by atoms with Gasteiger partial charge in [-0.2, -0.15) is 0 Å². The monoisotopic (exact) mass is 293 g/mol. The molecule has 0 saturated carbocycles. The van der Waals surface area contributed by atoms with Crippen LogP contribution in [0.5, 0.6) is 0 Å². The number of aromatic nitrogens is 1. The summed E-state index contributed by atoms with van der Waals surface area (Å²) in [4.78, 5) is 7.66. The first-order valence-corrected chi connectivity index (χ1v) is 8.77. The predicted octanol–water partition coefficient (Wildman–Crippen LogP) is 2.97. The van der Waals surface area contributed by atoms with E-state index in [9.17, 15) is 0 Å². The van der Waals surface area contributed by atoms with E-state index in [0.717, 1.165) is 12.5 Å². The minimum atomic E-state index is 0.135. The Labute approximate surface area is 126 Å². The van der Waals surface area contributed by atoms with Gasteiger partial charge >= 0.3 is 0 Å². The van der Waals surface area contributed by atoms with E-state index in [0.29, 0.717) is 0 Å². The topological polar surface area (TPSA) is 28.2 Å². The summed E-state index contributed by atoms with van der Waals surface area (Å²) in [5.74, 6) is 0.732. The summed E-state index contributed by atoms with van der Waals surface area (Å²) in [6, 6.07) is 0. The lowest BCUT2D eigenvalue weighted by Gasteiger charge is -2.42. The summed E-state index contributed by atoms with van der Waals surface area (Å²) in [6.07, 6.45) is 2.53. The number of rotatable bonds is 3. The maximum absolute atomic E-state index is 5.05. The molecule has 0 aromatic carbocycles. The molecule has 0 amide bonds. The van der Waals surface area contributed by atoms with Gasteiger partial charge in [0.15, 0.2) is 0 Å². The first kappa shape index (κ1) is 14.5. The Morgan fingerprint density at radius 3 is 2.90 bits per heavy atom. The van der Waals surface area contributed by atoms with E-state index in [2.05, 4.69) is 43.3 Å². The van der Waals surface area contributed by atoms with Gasteiger partial charge in [-0.1, -0.05) is 27.7 Å². The Morgan fingerprint density at radius 1 is 1.45 bits per heavy atom. The second-order valence-corrected chi connectivity index (χ2v) is 8.18. The van der Waals surface area contributed by atoms with Crippen LogP contribution in [0.25, 0.3) is 0 Å². The van der Waals surface area contributed by atoms with Crippen molar-refractivity contribution in [3.8, 4) is 0 Å². The number of nitrogens with zero attached hydrogens (tertiary/aromatic N) is 2. The Hall–Kier alpha value is -0.450. The van der Waals surface area contributed by atoms with Crippen molar-refractivity contribution in [2.45, 2.75) is 51.5 Å². The van der Waals surface area contributed by atoms with Crippen molar-refractivity contribution in [2.24, 2.45) is 5.92 Å². The van der Waals surface area contributed by atoms with Crippen LogP contribution < -0.4 is 5.32 Å². The normalized spacial score (nSPS) is 33.6. The van der Waals surface area contributed by atoms with Gasteiger partial charge in [-0.15, -0.1) is 11.3 Å². The standard InChI is InChI=1S/C16H27N3S/c1-5-17-16(7-9-19-8-6-12(16)10-19)14-18-13(11-20-14)15(2,3)4/h11-12,17H,5-10H2,1-4H3. The molecule has 112 valence electrons. The van der Waals surface area contributed by atoms with Crippen LogP contribution in [0, 0.1) is 5.92 Å². The minimum absolute atomic E-state index is 0.135. The second kappa shape index (κ2) is 5.08. The van der Waals surface area contributed by atoms with Gasteiger partial charge in [0.1, 0.15) is 5.01 Å². The molecule has 2 bridgehead atoms. The largest absolute Gasteiger partial charge is 0.305 e. The van der Waals surface area contributed by atoms with Gasteiger partial charge in [0.25, 0.3) is 0 Å². The average Bonchev–Trinajstić information content (AvgIpc) is 3.02.